The number of carbonyl (C=O) groups is 1. The molecule has 132 valence electrons. The van der Waals surface area contributed by atoms with Gasteiger partial charge in [0.2, 0.25) is 0 Å². The maximum Gasteiger partial charge on any atom is 0.254 e. The zero-order chi connectivity index (χ0) is 17.5. The third kappa shape index (κ3) is 4.58. The van der Waals surface area contributed by atoms with Gasteiger partial charge in [-0.05, 0) is 31.5 Å². The fourth-order valence-electron chi connectivity index (χ4n) is 3.07. The molecule has 3 rings (SSSR count). The summed E-state index contributed by atoms with van der Waals surface area (Å²) in [6.45, 7) is 2.44. The number of carbonyl (C=O) groups excluding carboxylic acids is 1. The Labute approximate surface area is 147 Å². The highest BCUT2D eigenvalue weighted by Crippen LogP contribution is 2.15. The number of amides is 1. The molecule has 1 amide bonds. The molecule has 1 aliphatic rings. The summed E-state index contributed by atoms with van der Waals surface area (Å²) in [6.07, 6.45) is 9.77. The minimum atomic E-state index is -0.185. The van der Waals surface area contributed by atoms with Crippen molar-refractivity contribution in [2.24, 2.45) is 0 Å². The molecule has 0 unspecified atom stereocenters. The van der Waals surface area contributed by atoms with Crippen molar-refractivity contribution in [2.75, 3.05) is 26.2 Å². The van der Waals surface area contributed by atoms with Crippen molar-refractivity contribution in [3.8, 4) is 11.4 Å². The van der Waals surface area contributed by atoms with Gasteiger partial charge in [-0.2, -0.15) is 0 Å². The Balaban J connectivity index is 1.51. The molecule has 1 saturated heterocycles. The molecular formula is C18H23N5O2. The summed E-state index contributed by atoms with van der Waals surface area (Å²) < 4.78 is 0. The van der Waals surface area contributed by atoms with Gasteiger partial charge in [-0.3, -0.25) is 14.7 Å². The standard InChI is InChI=1S/C18H23N5O2/c24-13-16-5-1-2-8-23(16)9-7-20-18(25)15-11-21-17(22-12-15)14-4-3-6-19-10-14/h3-4,6,10-12,16,24H,1-2,5,7-9,13H2,(H,20,25)/t16-/m1/s1. The molecule has 0 aromatic carbocycles. The van der Waals surface area contributed by atoms with E-state index >= 15 is 0 Å². The van der Waals surface area contributed by atoms with Crippen LogP contribution in [-0.4, -0.2) is 63.1 Å². The number of nitrogens with zero attached hydrogens (tertiary/aromatic N) is 4. The number of rotatable bonds is 6. The van der Waals surface area contributed by atoms with Crippen molar-refractivity contribution in [3.05, 3.63) is 42.5 Å². The zero-order valence-electron chi connectivity index (χ0n) is 14.1. The maximum atomic E-state index is 12.2. The lowest BCUT2D eigenvalue weighted by atomic mass is 10.0. The summed E-state index contributed by atoms with van der Waals surface area (Å²) in [5.41, 5.74) is 1.25. The summed E-state index contributed by atoms with van der Waals surface area (Å²) >= 11 is 0. The molecule has 3 heterocycles. The molecule has 2 aromatic rings. The first-order valence-electron chi connectivity index (χ1n) is 8.63. The molecule has 0 aliphatic carbocycles. The van der Waals surface area contributed by atoms with Crippen molar-refractivity contribution < 1.29 is 9.90 Å². The number of likely N-dealkylation sites (tertiary alicyclic amines) is 1. The summed E-state index contributed by atoms with van der Waals surface area (Å²) in [7, 11) is 0. The van der Waals surface area contributed by atoms with Crippen LogP contribution >= 0.6 is 0 Å². The number of aliphatic hydroxyl groups is 1. The molecule has 2 aromatic heterocycles. The number of hydrogen-bond donors (Lipinski definition) is 2. The zero-order valence-corrected chi connectivity index (χ0v) is 14.1. The highest BCUT2D eigenvalue weighted by Gasteiger charge is 2.21. The molecule has 0 radical (unpaired) electrons. The maximum absolute atomic E-state index is 12.2. The molecule has 2 N–H and O–H groups in total. The van der Waals surface area contributed by atoms with E-state index in [1.165, 1.54) is 12.4 Å². The lowest BCUT2D eigenvalue weighted by Gasteiger charge is -2.34. The van der Waals surface area contributed by atoms with E-state index in [4.69, 9.17) is 0 Å². The van der Waals surface area contributed by atoms with E-state index in [1.807, 2.05) is 12.1 Å². The molecule has 1 fully saturated rings. The van der Waals surface area contributed by atoms with Crippen LogP contribution < -0.4 is 5.32 Å². The Bertz CT molecular complexity index is 678. The number of aromatic nitrogens is 3. The van der Waals surface area contributed by atoms with Crippen LogP contribution in [0, 0.1) is 0 Å². The number of hydrogen-bond acceptors (Lipinski definition) is 6. The van der Waals surface area contributed by atoms with E-state index in [0.29, 0.717) is 17.9 Å². The minimum Gasteiger partial charge on any atom is -0.395 e. The van der Waals surface area contributed by atoms with Crippen LogP contribution in [0.2, 0.25) is 0 Å². The van der Waals surface area contributed by atoms with Crippen molar-refractivity contribution in [1.82, 2.24) is 25.2 Å². The quantitative estimate of drug-likeness (QED) is 0.818. The fourth-order valence-corrected chi connectivity index (χ4v) is 3.07. The van der Waals surface area contributed by atoms with Crippen LogP contribution in [0.5, 0.6) is 0 Å². The topological polar surface area (TPSA) is 91.2 Å². The predicted molar refractivity (Wildman–Crippen MR) is 93.9 cm³/mol. The second-order valence-corrected chi connectivity index (χ2v) is 6.16. The molecular weight excluding hydrogens is 318 g/mol. The Kier molecular flexibility index (Phi) is 6.03. The number of aliphatic hydroxyl groups excluding tert-OH is 1. The van der Waals surface area contributed by atoms with E-state index in [0.717, 1.165) is 37.9 Å². The normalized spacial score (nSPS) is 18.0. The smallest absolute Gasteiger partial charge is 0.254 e. The van der Waals surface area contributed by atoms with Crippen LogP contribution in [0.3, 0.4) is 0 Å². The van der Waals surface area contributed by atoms with Gasteiger partial charge in [0.05, 0.1) is 12.2 Å². The van der Waals surface area contributed by atoms with Gasteiger partial charge in [0.15, 0.2) is 5.82 Å². The van der Waals surface area contributed by atoms with Gasteiger partial charge >= 0.3 is 0 Å². The first-order valence-corrected chi connectivity index (χ1v) is 8.63. The van der Waals surface area contributed by atoms with Crippen molar-refractivity contribution >= 4 is 5.91 Å². The van der Waals surface area contributed by atoms with Crippen LogP contribution in [0.25, 0.3) is 11.4 Å². The Hall–Kier alpha value is -2.38. The van der Waals surface area contributed by atoms with Gasteiger partial charge in [-0.25, -0.2) is 9.97 Å². The molecule has 0 saturated carbocycles. The van der Waals surface area contributed by atoms with Gasteiger partial charge < -0.3 is 10.4 Å². The van der Waals surface area contributed by atoms with Gasteiger partial charge in [0, 0.05) is 49.5 Å². The Morgan fingerprint density at radius 1 is 1.28 bits per heavy atom. The SMILES string of the molecule is O=C(NCCN1CCCC[C@@H]1CO)c1cnc(-c2cccnc2)nc1. The first-order chi connectivity index (χ1) is 12.3. The lowest BCUT2D eigenvalue weighted by Crippen LogP contribution is -2.45. The number of nitrogens with one attached hydrogen (secondary N) is 1. The van der Waals surface area contributed by atoms with E-state index in [-0.39, 0.29) is 18.6 Å². The third-order valence-electron chi connectivity index (χ3n) is 4.48. The molecule has 1 aliphatic heterocycles. The van der Waals surface area contributed by atoms with Crippen molar-refractivity contribution in [1.29, 1.82) is 0 Å². The summed E-state index contributed by atoms with van der Waals surface area (Å²) in [6, 6.07) is 3.91. The van der Waals surface area contributed by atoms with Crippen LogP contribution in [0.15, 0.2) is 36.9 Å². The van der Waals surface area contributed by atoms with E-state index < -0.39 is 0 Å². The van der Waals surface area contributed by atoms with Crippen molar-refractivity contribution in [2.45, 2.75) is 25.3 Å². The molecule has 0 spiro atoms. The number of pyridine rings is 1. The molecule has 7 heteroatoms. The molecule has 1 atom stereocenters. The van der Waals surface area contributed by atoms with Gasteiger partial charge in [0.25, 0.3) is 5.91 Å². The lowest BCUT2D eigenvalue weighted by molar-refractivity contribution is 0.0849. The fraction of sp³-hybridized carbons (Fsp3) is 0.444. The van der Waals surface area contributed by atoms with E-state index in [9.17, 15) is 9.90 Å². The molecule has 25 heavy (non-hydrogen) atoms. The number of piperidine rings is 1. The highest BCUT2D eigenvalue weighted by atomic mass is 16.3. The average Bonchev–Trinajstić information content (AvgIpc) is 2.69. The van der Waals surface area contributed by atoms with E-state index in [1.54, 1.807) is 12.4 Å². The van der Waals surface area contributed by atoms with Gasteiger partial charge in [-0.15, -0.1) is 0 Å². The summed E-state index contributed by atoms with van der Waals surface area (Å²) in [5, 5.41) is 12.3. The Morgan fingerprint density at radius 3 is 2.84 bits per heavy atom. The largest absolute Gasteiger partial charge is 0.395 e. The van der Waals surface area contributed by atoms with Gasteiger partial charge in [0.1, 0.15) is 0 Å². The average molecular weight is 341 g/mol. The molecule has 0 bridgehead atoms. The van der Waals surface area contributed by atoms with Gasteiger partial charge in [-0.1, -0.05) is 6.42 Å². The Morgan fingerprint density at radius 2 is 2.12 bits per heavy atom. The van der Waals surface area contributed by atoms with Crippen LogP contribution in [0.1, 0.15) is 29.6 Å². The second kappa shape index (κ2) is 8.64. The monoisotopic (exact) mass is 341 g/mol. The summed E-state index contributed by atoms with van der Waals surface area (Å²) in [5.74, 6) is 0.360. The third-order valence-corrected chi connectivity index (χ3v) is 4.48. The van der Waals surface area contributed by atoms with Crippen LogP contribution in [0.4, 0.5) is 0 Å². The van der Waals surface area contributed by atoms with E-state index in [2.05, 4.69) is 25.2 Å². The van der Waals surface area contributed by atoms with Crippen molar-refractivity contribution in [3.63, 3.8) is 0 Å². The van der Waals surface area contributed by atoms with Crippen LogP contribution in [-0.2, 0) is 0 Å². The summed E-state index contributed by atoms with van der Waals surface area (Å²) in [4.78, 5) is 27.0. The second-order valence-electron chi connectivity index (χ2n) is 6.16. The first kappa shape index (κ1) is 17.4. The predicted octanol–water partition coefficient (Wildman–Crippen LogP) is 1.12. The highest BCUT2D eigenvalue weighted by molar-refractivity contribution is 5.93. The minimum absolute atomic E-state index is 0.178. The molecule has 7 nitrogen and oxygen atoms in total.